The first-order chi connectivity index (χ1) is 26.9. The van der Waals surface area contributed by atoms with Crippen LogP contribution in [0.3, 0.4) is 0 Å². The van der Waals surface area contributed by atoms with Crippen molar-refractivity contribution in [3.05, 3.63) is 11.9 Å². The molecule has 6 aliphatic rings. The van der Waals surface area contributed by atoms with E-state index in [4.69, 9.17) is 0 Å². The first-order valence-corrected chi connectivity index (χ1v) is 50.3. The summed E-state index contributed by atoms with van der Waals surface area (Å²) in [5.74, 6) is 6.17. The fourth-order valence-corrected chi connectivity index (χ4v) is 8.89. The number of ketones is 1. The van der Waals surface area contributed by atoms with Gasteiger partial charge in [-0.3, -0.25) is 19.5 Å². The molecule has 6 rings (SSSR count). The number of hydrogen-bond donors (Lipinski definition) is 0. The summed E-state index contributed by atoms with van der Waals surface area (Å²) in [6, 6.07) is 0. The van der Waals surface area contributed by atoms with Crippen molar-refractivity contribution < 1.29 is 41.5 Å². The Labute approximate surface area is 457 Å². The Morgan fingerprint density at radius 1 is 0.569 bits per heavy atom. The molecule has 2 saturated heterocycles. The van der Waals surface area contributed by atoms with E-state index < -0.39 is 0 Å². The molecular weight excluding hydrogens is 1590 g/mol. The van der Waals surface area contributed by atoms with Gasteiger partial charge in [0.25, 0.3) is 0 Å². The molecule has 3 nitrogen and oxygen atoms in total. The third kappa shape index (κ3) is 35.9. The van der Waals surface area contributed by atoms with Crippen molar-refractivity contribution in [3.8, 4) is 0 Å². The topological polar surface area (TPSA) is 23.6 Å². The molecule has 0 N–H and O–H groups in total. The number of nitrogens with zero attached hydrogens (tertiary/aromatic N) is 2. The zero-order valence-corrected chi connectivity index (χ0v) is 56.5. The predicted octanol–water partition coefficient (Wildman–Crippen LogP) is 15.6. The second-order valence-corrected chi connectivity index (χ2v) is 70.5. The van der Waals surface area contributed by atoms with Gasteiger partial charge < -0.3 is 29.5 Å². The SMILES string of the molecule is CC1CCC(=O)CC1.CC1CCCCC1.CC1CCN(C2(C)CCC(C)CC2)CC1.CC1CCN(C2(C)CCC(C)CC2)CC1.I[I-]I.[CH2-]CC.[CH2-]I.[I][V]([I])[I].[V]. The van der Waals surface area contributed by atoms with Gasteiger partial charge in [0, 0.05) is 42.5 Å². The molecule has 0 atom stereocenters. The molecule has 0 bridgehead atoms. The van der Waals surface area contributed by atoms with Gasteiger partial charge in [-0.15, -0.1) is 0 Å². The Kier molecular flexibility index (Phi) is 50.4. The van der Waals surface area contributed by atoms with Gasteiger partial charge in [0.05, 0.1) is 0 Å². The Balaban J connectivity index is -0.000000653. The molecule has 0 spiro atoms. The summed E-state index contributed by atoms with van der Waals surface area (Å²) in [6.45, 7) is 30.1. The first-order valence-electron chi connectivity index (χ1n) is 22.7. The number of piperidine rings is 2. The third-order valence-electron chi connectivity index (χ3n) is 13.5. The molecule has 0 aromatic rings. The molecule has 0 aromatic heterocycles. The maximum atomic E-state index is 10.6. The number of carbonyl (C=O) groups is 1. The minimum atomic E-state index is -0.278. The van der Waals surface area contributed by atoms with Gasteiger partial charge in [-0.25, -0.2) is 0 Å². The van der Waals surface area contributed by atoms with E-state index in [2.05, 4.69) is 174 Å². The maximum absolute atomic E-state index is 10.6. The van der Waals surface area contributed by atoms with Crippen LogP contribution in [0.15, 0.2) is 0 Å². The summed E-state index contributed by atoms with van der Waals surface area (Å²) in [5.41, 5.74) is 1.10. The monoisotopic (exact) mass is 1680 g/mol. The van der Waals surface area contributed by atoms with Crippen molar-refractivity contribution in [3.63, 3.8) is 0 Å². The van der Waals surface area contributed by atoms with Crippen molar-refractivity contribution in [2.24, 2.45) is 35.5 Å². The van der Waals surface area contributed by atoms with Crippen LogP contribution < -0.4 is 13.3 Å². The second kappa shape index (κ2) is 42.9. The summed E-state index contributed by atoms with van der Waals surface area (Å²) in [6.07, 6.45) is 29.6. The van der Waals surface area contributed by atoms with E-state index >= 15 is 0 Å². The van der Waals surface area contributed by atoms with E-state index in [1.54, 1.807) is 0 Å². The van der Waals surface area contributed by atoms with Crippen LogP contribution >= 0.6 is 120 Å². The Morgan fingerprint density at radius 2 is 0.793 bits per heavy atom. The van der Waals surface area contributed by atoms with Gasteiger partial charge in [0.15, 0.2) is 0 Å². The molecular formula is C46H89I7N2OV2-3. The zero-order valence-electron chi connectivity index (χ0n) is 38.6. The molecule has 1 radical (unpaired) electrons. The molecule has 0 amide bonds. The Hall–Kier alpha value is 5.87. The maximum Gasteiger partial charge on any atom is 0 e. The molecule has 12 heteroatoms. The molecule has 2 heterocycles. The molecule has 351 valence electrons. The van der Waals surface area contributed by atoms with Gasteiger partial charge in [-0.05, 0) is 165 Å². The quantitative estimate of drug-likeness (QED) is 0.203. The van der Waals surface area contributed by atoms with Crippen LogP contribution in [-0.4, -0.2) is 52.8 Å². The average molecular weight is 1680 g/mol. The van der Waals surface area contributed by atoms with E-state index in [9.17, 15) is 4.79 Å². The fourth-order valence-electron chi connectivity index (χ4n) is 8.89. The fraction of sp³-hybridized carbons (Fsp3) is 0.935. The van der Waals surface area contributed by atoms with Crippen molar-refractivity contribution in [2.45, 2.75) is 215 Å². The number of likely N-dealkylation sites (tertiary alicyclic amines) is 2. The Bertz CT molecular complexity index is 842. The molecule has 0 aromatic carbocycles. The summed E-state index contributed by atoms with van der Waals surface area (Å²) in [4.78, 5) is 19.1. The van der Waals surface area contributed by atoms with Crippen molar-refractivity contribution in [2.75, 3.05) is 26.2 Å². The van der Waals surface area contributed by atoms with E-state index in [1.807, 2.05) is 29.5 Å². The summed E-state index contributed by atoms with van der Waals surface area (Å²) < 4.78 is 0. The predicted molar refractivity (Wildman–Crippen MR) is 302 cm³/mol. The summed E-state index contributed by atoms with van der Waals surface area (Å²) >= 11 is 14.6. The normalized spacial score (nSPS) is 28.8. The van der Waals surface area contributed by atoms with Crippen LogP contribution in [0.4, 0.5) is 0 Å². The van der Waals surface area contributed by atoms with Crippen LogP contribution in [-0.2, 0) is 28.3 Å². The van der Waals surface area contributed by atoms with Gasteiger partial charge in [0.1, 0.15) is 5.78 Å². The molecule has 0 unspecified atom stereocenters. The molecule has 6 fully saturated rings. The van der Waals surface area contributed by atoms with Crippen molar-refractivity contribution >= 4 is 126 Å². The largest absolute Gasteiger partial charge is 0 e. The van der Waals surface area contributed by atoms with E-state index in [-0.39, 0.29) is 23.5 Å². The molecule has 2 aliphatic heterocycles. The second-order valence-electron chi connectivity index (χ2n) is 18.9. The smallest absolute Gasteiger partial charge is 0 e. The first kappa shape index (κ1) is 68.1. The van der Waals surface area contributed by atoms with Gasteiger partial charge in [-0.1, -0.05) is 80.6 Å². The van der Waals surface area contributed by atoms with Gasteiger partial charge in [-0.2, -0.15) is 6.42 Å². The van der Waals surface area contributed by atoms with Crippen molar-refractivity contribution in [1.29, 1.82) is 0 Å². The van der Waals surface area contributed by atoms with Crippen LogP contribution in [0.2, 0.25) is 0 Å². The molecule has 58 heavy (non-hydrogen) atoms. The molecule has 4 saturated carbocycles. The Morgan fingerprint density at radius 3 is 1.02 bits per heavy atom. The van der Waals surface area contributed by atoms with Gasteiger partial charge in [0.2, 0.25) is 0 Å². The summed E-state index contributed by atoms with van der Waals surface area (Å²) in [5, 5.41) is 0. The average Bonchev–Trinajstić information content (AvgIpc) is 3.18. The zero-order chi connectivity index (χ0) is 43.9. The molecule has 4 aliphatic carbocycles. The van der Waals surface area contributed by atoms with Crippen LogP contribution in [0.5, 0.6) is 0 Å². The summed E-state index contributed by atoms with van der Waals surface area (Å²) in [7, 11) is 0. The minimum Gasteiger partial charge on any atom is 0 e. The number of rotatable bonds is 2. The third-order valence-corrected chi connectivity index (χ3v) is 13.5. The number of Topliss-reactive ketones (excluding diaryl/α,β-unsaturated/α-hetero) is 1. The number of halogens is 7. The standard InChI is InChI=1S/2C14H27N.C7H12O.C7H14.C3H7.CH2I.I3.3HI.2V/c2*1-12-4-8-14(3,9-5-12)15-10-6-13(2)7-11-15;1-6-2-4-7(8)5-3-6;1-7-5-3-2-4-6-7;1-3-2;1-2;1-3-2;;;;;/h2*12-13H,4-11H2,1-3H3;6H,2-5H2,1H3;7H,2-6H2,1H3;1,3H2,2H3;1H2;;3*1H;;/q;;;;3*-1;;;;;+3/p-3. The van der Waals surface area contributed by atoms with Crippen LogP contribution in [0, 0.1) is 47.4 Å². The van der Waals surface area contributed by atoms with Crippen LogP contribution in [0.25, 0.3) is 0 Å². The number of hydrogen-bond acceptors (Lipinski definition) is 3. The van der Waals surface area contributed by atoms with E-state index in [0.717, 1.165) is 67.6 Å². The number of carbonyl (C=O) groups excluding carboxylic acids is 1. The van der Waals surface area contributed by atoms with Crippen LogP contribution in [0.1, 0.15) is 204 Å². The van der Waals surface area contributed by atoms with E-state index in [1.165, 1.54) is 135 Å². The minimum absolute atomic E-state index is 0. The van der Waals surface area contributed by atoms with Gasteiger partial charge >= 0.3 is 115 Å². The van der Waals surface area contributed by atoms with E-state index in [0.29, 0.717) is 30.1 Å². The van der Waals surface area contributed by atoms with Crippen molar-refractivity contribution in [1.82, 2.24) is 9.80 Å².